The molecule has 0 aliphatic heterocycles. The third kappa shape index (κ3) is 1.65. The minimum Gasteiger partial charge on any atom is -0.267 e. The Labute approximate surface area is 88.4 Å². The van der Waals surface area contributed by atoms with Crippen LogP contribution in [0.2, 0.25) is 0 Å². The predicted molar refractivity (Wildman–Crippen MR) is 58.1 cm³/mol. The molecule has 1 aromatic carbocycles. The Balaban J connectivity index is 2.58. The molecule has 0 saturated carbocycles. The van der Waals surface area contributed by atoms with Crippen LogP contribution in [0.3, 0.4) is 0 Å². The molecule has 0 amide bonds. The molecule has 0 fully saturated rings. The van der Waals surface area contributed by atoms with Gasteiger partial charge in [0.2, 0.25) is 0 Å². The minimum atomic E-state index is -0.213. The van der Waals surface area contributed by atoms with Crippen molar-refractivity contribution in [2.45, 2.75) is 13.8 Å². The maximum absolute atomic E-state index is 12.8. The first-order valence-corrected chi connectivity index (χ1v) is 4.85. The SMILES string of the molecule is Cc1nn(C)c(-c2ccc(F)cc2)c1C. The zero-order valence-corrected chi connectivity index (χ0v) is 9.08. The number of aryl methyl sites for hydroxylation is 2. The van der Waals surface area contributed by atoms with Crippen LogP contribution in [-0.4, -0.2) is 9.78 Å². The summed E-state index contributed by atoms with van der Waals surface area (Å²) >= 11 is 0. The Morgan fingerprint density at radius 3 is 2.20 bits per heavy atom. The molecule has 1 aromatic heterocycles. The highest BCUT2D eigenvalue weighted by Crippen LogP contribution is 2.24. The lowest BCUT2D eigenvalue weighted by Crippen LogP contribution is -1.94. The van der Waals surface area contributed by atoms with Crippen LogP contribution in [0.5, 0.6) is 0 Å². The average Bonchev–Trinajstić information content (AvgIpc) is 2.44. The average molecular weight is 204 g/mol. The fourth-order valence-corrected chi connectivity index (χ4v) is 1.78. The molecule has 2 rings (SSSR count). The van der Waals surface area contributed by atoms with Crippen LogP contribution in [0, 0.1) is 19.7 Å². The number of nitrogens with zero attached hydrogens (tertiary/aromatic N) is 2. The highest BCUT2D eigenvalue weighted by atomic mass is 19.1. The van der Waals surface area contributed by atoms with Crippen LogP contribution in [0.1, 0.15) is 11.3 Å². The summed E-state index contributed by atoms with van der Waals surface area (Å²) in [6.07, 6.45) is 0. The van der Waals surface area contributed by atoms with E-state index >= 15 is 0 Å². The van der Waals surface area contributed by atoms with E-state index in [9.17, 15) is 4.39 Å². The van der Waals surface area contributed by atoms with Gasteiger partial charge in [0.05, 0.1) is 11.4 Å². The molecular weight excluding hydrogens is 191 g/mol. The first-order valence-electron chi connectivity index (χ1n) is 4.85. The third-order valence-electron chi connectivity index (χ3n) is 2.64. The van der Waals surface area contributed by atoms with Crippen LogP contribution in [-0.2, 0) is 7.05 Å². The standard InChI is InChI=1S/C12H13FN2/c1-8-9(2)14-15(3)12(8)10-4-6-11(13)7-5-10/h4-7H,1-3H3. The molecule has 3 heteroatoms. The number of benzene rings is 1. The quantitative estimate of drug-likeness (QED) is 0.698. The predicted octanol–water partition coefficient (Wildman–Crippen LogP) is 2.84. The summed E-state index contributed by atoms with van der Waals surface area (Å²) in [5.41, 5.74) is 4.20. The Morgan fingerprint density at radius 2 is 1.73 bits per heavy atom. The number of hydrogen-bond donors (Lipinski definition) is 0. The van der Waals surface area contributed by atoms with Gasteiger partial charge in [-0.15, -0.1) is 0 Å². The fraction of sp³-hybridized carbons (Fsp3) is 0.250. The largest absolute Gasteiger partial charge is 0.267 e. The number of aromatic nitrogens is 2. The summed E-state index contributed by atoms with van der Waals surface area (Å²) in [6, 6.07) is 6.49. The van der Waals surface area contributed by atoms with E-state index in [0.717, 1.165) is 22.5 Å². The molecule has 78 valence electrons. The van der Waals surface area contributed by atoms with Crippen molar-refractivity contribution in [1.29, 1.82) is 0 Å². The van der Waals surface area contributed by atoms with Crippen molar-refractivity contribution in [1.82, 2.24) is 9.78 Å². The van der Waals surface area contributed by atoms with Gasteiger partial charge in [-0.1, -0.05) is 0 Å². The Morgan fingerprint density at radius 1 is 1.13 bits per heavy atom. The van der Waals surface area contributed by atoms with E-state index < -0.39 is 0 Å². The van der Waals surface area contributed by atoms with Crippen LogP contribution < -0.4 is 0 Å². The van der Waals surface area contributed by atoms with Crippen LogP contribution in [0.15, 0.2) is 24.3 Å². The second-order valence-electron chi connectivity index (χ2n) is 3.69. The highest BCUT2D eigenvalue weighted by Gasteiger charge is 2.10. The molecule has 2 nitrogen and oxygen atoms in total. The maximum atomic E-state index is 12.8. The summed E-state index contributed by atoms with van der Waals surface area (Å²) in [7, 11) is 1.90. The summed E-state index contributed by atoms with van der Waals surface area (Å²) in [5, 5.41) is 4.33. The molecule has 0 atom stereocenters. The molecule has 0 radical (unpaired) electrons. The molecule has 0 aliphatic rings. The van der Waals surface area contributed by atoms with Gasteiger partial charge in [-0.25, -0.2) is 4.39 Å². The fourth-order valence-electron chi connectivity index (χ4n) is 1.78. The van der Waals surface area contributed by atoms with Crippen molar-refractivity contribution in [3.63, 3.8) is 0 Å². The van der Waals surface area contributed by atoms with Gasteiger partial charge in [-0.2, -0.15) is 5.10 Å². The van der Waals surface area contributed by atoms with Crippen molar-refractivity contribution in [3.05, 3.63) is 41.3 Å². The molecule has 0 unspecified atom stereocenters. The second-order valence-corrected chi connectivity index (χ2v) is 3.69. The Kier molecular flexibility index (Phi) is 2.31. The zero-order valence-electron chi connectivity index (χ0n) is 9.08. The van der Waals surface area contributed by atoms with Gasteiger partial charge in [0, 0.05) is 12.6 Å². The van der Waals surface area contributed by atoms with E-state index in [1.165, 1.54) is 12.1 Å². The van der Waals surface area contributed by atoms with Gasteiger partial charge in [0.1, 0.15) is 5.82 Å². The molecule has 0 N–H and O–H groups in total. The van der Waals surface area contributed by atoms with Crippen molar-refractivity contribution >= 4 is 0 Å². The molecule has 2 aromatic rings. The van der Waals surface area contributed by atoms with Crippen molar-refractivity contribution in [2.75, 3.05) is 0 Å². The molecular formula is C12H13FN2. The number of rotatable bonds is 1. The van der Waals surface area contributed by atoms with Crippen molar-refractivity contribution in [3.8, 4) is 11.3 Å². The van der Waals surface area contributed by atoms with Crippen molar-refractivity contribution in [2.24, 2.45) is 7.05 Å². The lowest BCUT2D eigenvalue weighted by atomic mass is 10.1. The van der Waals surface area contributed by atoms with E-state index in [1.807, 2.05) is 25.6 Å². The van der Waals surface area contributed by atoms with E-state index in [4.69, 9.17) is 0 Å². The second kappa shape index (κ2) is 3.50. The molecule has 0 aliphatic carbocycles. The minimum absolute atomic E-state index is 0.213. The molecule has 0 bridgehead atoms. The highest BCUT2D eigenvalue weighted by molar-refractivity contribution is 5.64. The van der Waals surface area contributed by atoms with Gasteiger partial charge in [-0.05, 0) is 43.7 Å². The van der Waals surface area contributed by atoms with Gasteiger partial charge < -0.3 is 0 Å². The molecule has 0 spiro atoms. The summed E-state index contributed by atoms with van der Waals surface area (Å²) in [4.78, 5) is 0. The monoisotopic (exact) mass is 204 g/mol. The van der Waals surface area contributed by atoms with E-state index in [1.54, 1.807) is 12.1 Å². The zero-order chi connectivity index (χ0) is 11.0. The number of hydrogen-bond acceptors (Lipinski definition) is 1. The van der Waals surface area contributed by atoms with Crippen LogP contribution in [0.25, 0.3) is 11.3 Å². The lowest BCUT2D eigenvalue weighted by molar-refractivity contribution is 0.628. The molecule has 0 saturated heterocycles. The smallest absolute Gasteiger partial charge is 0.123 e. The van der Waals surface area contributed by atoms with E-state index in [2.05, 4.69) is 5.10 Å². The molecule has 15 heavy (non-hydrogen) atoms. The van der Waals surface area contributed by atoms with Gasteiger partial charge in [0.25, 0.3) is 0 Å². The first-order chi connectivity index (χ1) is 7.09. The Hall–Kier alpha value is -1.64. The first kappa shape index (κ1) is 9.90. The van der Waals surface area contributed by atoms with Crippen LogP contribution in [0.4, 0.5) is 4.39 Å². The number of halogens is 1. The molecule has 1 heterocycles. The van der Waals surface area contributed by atoms with Gasteiger partial charge >= 0.3 is 0 Å². The van der Waals surface area contributed by atoms with Crippen LogP contribution >= 0.6 is 0 Å². The summed E-state index contributed by atoms with van der Waals surface area (Å²) < 4.78 is 14.6. The maximum Gasteiger partial charge on any atom is 0.123 e. The van der Waals surface area contributed by atoms with E-state index in [-0.39, 0.29) is 5.82 Å². The summed E-state index contributed by atoms with van der Waals surface area (Å²) in [6.45, 7) is 4.00. The Bertz CT molecular complexity index is 483. The van der Waals surface area contributed by atoms with Gasteiger partial charge in [-0.3, -0.25) is 4.68 Å². The van der Waals surface area contributed by atoms with Crippen molar-refractivity contribution < 1.29 is 4.39 Å². The summed E-state index contributed by atoms with van der Waals surface area (Å²) in [5.74, 6) is -0.213. The third-order valence-corrected chi connectivity index (χ3v) is 2.64. The normalized spacial score (nSPS) is 10.7. The topological polar surface area (TPSA) is 17.8 Å². The van der Waals surface area contributed by atoms with Gasteiger partial charge in [0.15, 0.2) is 0 Å². The lowest BCUT2D eigenvalue weighted by Gasteiger charge is -2.03. The van der Waals surface area contributed by atoms with E-state index in [0.29, 0.717) is 0 Å².